The second kappa shape index (κ2) is 5.56. The molecule has 110 valence electrons. The summed E-state index contributed by atoms with van der Waals surface area (Å²) in [6.07, 6.45) is 3.67. The van der Waals surface area contributed by atoms with E-state index in [0.29, 0.717) is 0 Å². The third kappa shape index (κ3) is 3.60. The monoisotopic (exact) mass is 294 g/mol. The Morgan fingerprint density at radius 3 is 2.15 bits per heavy atom. The summed E-state index contributed by atoms with van der Waals surface area (Å²) >= 11 is 0. The maximum absolute atomic E-state index is 12.1. The SMILES string of the molecule is CC(C)(C)c1ccc(S(=O)(=O)/N=C/N2CCCC2)cc1. The van der Waals surface area contributed by atoms with Gasteiger partial charge in [0.2, 0.25) is 0 Å². The van der Waals surface area contributed by atoms with Crippen LogP contribution in [0.25, 0.3) is 0 Å². The minimum Gasteiger partial charge on any atom is -0.362 e. The van der Waals surface area contributed by atoms with E-state index in [4.69, 9.17) is 0 Å². The molecule has 1 aromatic carbocycles. The van der Waals surface area contributed by atoms with E-state index in [1.165, 1.54) is 6.34 Å². The number of hydrogen-bond acceptors (Lipinski definition) is 2. The van der Waals surface area contributed by atoms with Crippen LogP contribution < -0.4 is 0 Å². The Hall–Kier alpha value is -1.36. The van der Waals surface area contributed by atoms with Crippen molar-refractivity contribution in [3.63, 3.8) is 0 Å². The fraction of sp³-hybridized carbons (Fsp3) is 0.533. The summed E-state index contributed by atoms with van der Waals surface area (Å²) in [5.74, 6) is 0. The lowest BCUT2D eigenvalue weighted by atomic mass is 9.87. The van der Waals surface area contributed by atoms with Crippen molar-refractivity contribution in [2.45, 2.75) is 43.9 Å². The Kier molecular flexibility index (Phi) is 4.18. The third-order valence-electron chi connectivity index (χ3n) is 3.51. The maximum Gasteiger partial charge on any atom is 0.283 e. The molecule has 0 spiro atoms. The molecule has 0 aromatic heterocycles. The second-order valence-electron chi connectivity index (χ2n) is 6.21. The van der Waals surface area contributed by atoms with E-state index in [1.54, 1.807) is 12.1 Å². The van der Waals surface area contributed by atoms with Crippen LogP contribution in [0.4, 0.5) is 0 Å². The Balaban J connectivity index is 2.17. The van der Waals surface area contributed by atoms with Crippen LogP contribution in [-0.4, -0.2) is 32.7 Å². The molecule has 1 fully saturated rings. The number of likely N-dealkylation sites (tertiary alicyclic amines) is 1. The van der Waals surface area contributed by atoms with E-state index < -0.39 is 10.0 Å². The van der Waals surface area contributed by atoms with E-state index in [0.717, 1.165) is 31.5 Å². The number of rotatable bonds is 3. The lowest BCUT2D eigenvalue weighted by Crippen LogP contribution is -2.17. The van der Waals surface area contributed by atoms with Crippen molar-refractivity contribution in [2.75, 3.05) is 13.1 Å². The van der Waals surface area contributed by atoms with E-state index in [2.05, 4.69) is 25.2 Å². The highest BCUT2D eigenvalue weighted by atomic mass is 32.2. The van der Waals surface area contributed by atoms with Crippen LogP contribution in [0, 0.1) is 0 Å². The van der Waals surface area contributed by atoms with Crippen LogP contribution in [0.5, 0.6) is 0 Å². The smallest absolute Gasteiger partial charge is 0.283 e. The first-order valence-electron chi connectivity index (χ1n) is 6.94. The molecule has 0 bridgehead atoms. The van der Waals surface area contributed by atoms with E-state index >= 15 is 0 Å². The van der Waals surface area contributed by atoms with Crippen molar-refractivity contribution in [1.29, 1.82) is 0 Å². The Morgan fingerprint density at radius 2 is 1.65 bits per heavy atom. The standard InChI is InChI=1S/C15H22N2O2S/c1-15(2,3)13-6-8-14(9-7-13)20(18,19)16-12-17-10-4-5-11-17/h6-9,12H,4-5,10-11H2,1-3H3/b16-12+. The van der Waals surface area contributed by atoms with Gasteiger partial charge in [-0.05, 0) is 36.0 Å². The van der Waals surface area contributed by atoms with Crippen LogP contribution >= 0.6 is 0 Å². The van der Waals surface area contributed by atoms with Crippen molar-refractivity contribution >= 4 is 16.4 Å². The number of sulfonamides is 1. The van der Waals surface area contributed by atoms with Crippen molar-refractivity contribution in [3.05, 3.63) is 29.8 Å². The summed E-state index contributed by atoms with van der Waals surface area (Å²) in [5, 5.41) is 0. The van der Waals surface area contributed by atoms with Crippen molar-refractivity contribution in [1.82, 2.24) is 4.90 Å². The van der Waals surface area contributed by atoms with Crippen molar-refractivity contribution in [3.8, 4) is 0 Å². The summed E-state index contributed by atoms with van der Waals surface area (Å²) in [7, 11) is -3.58. The predicted molar refractivity (Wildman–Crippen MR) is 81.6 cm³/mol. The quantitative estimate of drug-likeness (QED) is 0.636. The van der Waals surface area contributed by atoms with Gasteiger partial charge >= 0.3 is 0 Å². The molecule has 2 rings (SSSR count). The molecule has 0 radical (unpaired) electrons. The van der Waals surface area contributed by atoms with Gasteiger partial charge in [0.05, 0.1) is 4.90 Å². The second-order valence-corrected chi connectivity index (χ2v) is 7.85. The van der Waals surface area contributed by atoms with Gasteiger partial charge in [-0.3, -0.25) is 0 Å². The lowest BCUT2D eigenvalue weighted by molar-refractivity contribution is 0.535. The largest absolute Gasteiger partial charge is 0.362 e. The highest BCUT2D eigenvalue weighted by Gasteiger charge is 2.17. The summed E-state index contributed by atoms with van der Waals surface area (Å²) in [6, 6.07) is 6.99. The molecule has 0 saturated carbocycles. The fourth-order valence-electron chi connectivity index (χ4n) is 2.17. The van der Waals surface area contributed by atoms with Crippen LogP contribution in [0.15, 0.2) is 33.6 Å². The molecule has 5 heteroatoms. The van der Waals surface area contributed by atoms with E-state index in [1.807, 2.05) is 17.0 Å². The van der Waals surface area contributed by atoms with Crippen molar-refractivity contribution < 1.29 is 8.42 Å². The predicted octanol–water partition coefficient (Wildman–Crippen LogP) is 2.80. The van der Waals surface area contributed by atoms with E-state index in [9.17, 15) is 8.42 Å². The Morgan fingerprint density at radius 1 is 1.10 bits per heavy atom. The lowest BCUT2D eigenvalue weighted by Gasteiger charge is -2.18. The molecule has 0 atom stereocenters. The molecule has 0 aliphatic carbocycles. The molecule has 20 heavy (non-hydrogen) atoms. The Labute approximate surface area is 121 Å². The molecule has 1 heterocycles. The van der Waals surface area contributed by atoms with Gasteiger partial charge in [0.15, 0.2) is 0 Å². The minimum atomic E-state index is -3.58. The zero-order valence-electron chi connectivity index (χ0n) is 12.3. The normalized spacial score (nSPS) is 17.1. The van der Waals surface area contributed by atoms with Gasteiger partial charge in [-0.1, -0.05) is 32.9 Å². The third-order valence-corrected chi connectivity index (χ3v) is 4.75. The first-order chi connectivity index (χ1) is 9.29. The summed E-state index contributed by atoms with van der Waals surface area (Å²) < 4.78 is 28.0. The number of benzene rings is 1. The zero-order chi connectivity index (χ0) is 14.8. The Bertz CT molecular complexity index is 577. The topological polar surface area (TPSA) is 49.7 Å². The van der Waals surface area contributed by atoms with Gasteiger partial charge in [-0.15, -0.1) is 4.40 Å². The number of hydrogen-bond donors (Lipinski definition) is 0. The molecule has 1 saturated heterocycles. The van der Waals surface area contributed by atoms with Gasteiger partial charge in [0.1, 0.15) is 6.34 Å². The molecule has 0 unspecified atom stereocenters. The minimum absolute atomic E-state index is 0.0150. The molecule has 4 nitrogen and oxygen atoms in total. The van der Waals surface area contributed by atoms with Crippen molar-refractivity contribution in [2.24, 2.45) is 4.40 Å². The fourth-order valence-corrected chi connectivity index (χ4v) is 3.03. The summed E-state index contributed by atoms with van der Waals surface area (Å²) in [4.78, 5) is 2.20. The first-order valence-corrected chi connectivity index (χ1v) is 8.38. The molecule has 1 aliphatic heterocycles. The highest BCUT2D eigenvalue weighted by Crippen LogP contribution is 2.24. The molecule has 0 amide bonds. The van der Waals surface area contributed by atoms with Gasteiger partial charge in [-0.2, -0.15) is 8.42 Å². The van der Waals surface area contributed by atoms with Gasteiger partial charge in [0, 0.05) is 13.1 Å². The summed E-state index contributed by atoms with van der Waals surface area (Å²) in [5.41, 5.74) is 1.13. The molecule has 1 aromatic rings. The van der Waals surface area contributed by atoms with Gasteiger partial charge < -0.3 is 4.90 Å². The maximum atomic E-state index is 12.1. The first kappa shape index (κ1) is 15.0. The summed E-state index contributed by atoms with van der Waals surface area (Å²) in [6.45, 7) is 8.08. The molecule has 0 N–H and O–H groups in total. The number of nitrogens with zero attached hydrogens (tertiary/aromatic N) is 2. The van der Waals surface area contributed by atoms with E-state index in [-0.39, 0.29) is 10.3 Å². The van der Waals surface area contributed by atoms with Crippen LogP contribution in [0.1, 0.15) is 39.2 Å². The molecular formula is C15H22N2O2S. The average Bonchev–Trinajstić information content (AvgIpc) is 2.89. The highest BCUT2D eigenvalue weighted by molar-refractivity contribution is 7.90. The molecular weight excluding hydrogens is 272 g/mol. The van der Waals surface area contributed by atoms with Gasteiger partial charge in [-0.25, -0.2) is 0 Å². The van der Waals surface area contributed by atoms with Crippen LogP contribution in [0.3, 0.4) is 0 Å². The van der Waals surface area contributed by atoms with Crippen LogP contribution in [-0.2, 0) is 15.4 Å². The zero-order valence-corrected chi connectivity index (χ0v) is 13.2. The van der Waals surface area contributed by atoms with Crippen LogP contribution in [0.2, 0.25) is 0 Å². The average molecular weight is 294 g/mol. The molecule has 1 aliphatic rings. The van der Waals surface area contributed by atoms with Gasteiger partial charge in [0.25, 0.3) is 10.0 Å².